The predicted molar refractivity (Wildman–Crippen MR) is 104 cm³/mol. The maximum Gasteiger partial charge on any atom is 0.274 e. The number of halogens is 1. The van der Waals surface area contributed by atoms with E-state index in [0.717, 1.165) is 17.5 Å². The number of amides is 1. The Kier molecular flexibility index (Phi) is 5.02. The molecule has 1 aromatic heterocycles. The molecule has 0 saturated carbocycles. The number of hydrogen-bond donors (Lipinski definition) is 0. The third-order valence-corrected chi connectivity index (χ3v) is 5.14. The van der Waals surface area contributed by atoms with Crippen LogP contribution in [0.25, 0.3) is 5.69 Å². The minimum absolute atomic E-state index is 0.192. The van der Waals surface area contributed by atoms with Crippen LogP contribution >= 0.6 is 0 Å². The summed E-state index contributed by atoms with van der Waals surface area (Å²) in [5.74, 6) is -0.140. The second-order valence-electron chi connectivity index (χ2n) is 6.92. The molecule has 0 unspecified atom stereocenters. The van der Waals surface area contributed by atoms with E-state index in [0.29, 0.717) is 24.7 Å². The lowest BCUT2D eigenvalue weighted by Gasteiger charge is -2.32. The molecule has 1 amide bonds. The number of piperidine rings is 1. The Morgan fingerprint density at radius 2 is 1.61 bits per heavy atom. The number of carbonyl (C=O) groups excluding carboxylic acids is 1. The molecule has 1 aliphatic rings. The number of rotatable bonds is 3. The topological polar surface area (TPSA) is 55.2 Å². The molecule has 142 valence electrons. The lowest BCUT2D eigenvalue weighted by Crippen LogP contribution is -2.39. The summed E-state index contributed by atoms with van der Waals surface area (Å²) in [5, 5.41) is 4.22. The number of aromatic nitrogens is 2. The van der Waals surface area contributed by atoms with Crippen LogP contribution in [0.2, 0.25) is 0 Å². The number of likely N-dealkylation sites (tertiary alicyclic amines) is 1. The van der Waals surface area contributed by atoms with Crippen LogP contribution in [0.15, 0.2) is 71.5 Å². The van der Waals surface area contributed by atoms with Crippen molar-refractivity contribution < 1.29 is 9.18 Å². The standard InChI is InChI=1S/C22H20FN3O2/c23-18-6-8-19(9-7-18)26-21(27)11-10-20(24-26)22(28)25-14-12-17(13-15-25)16-4-2-1-3-5-16/h1-11,17H,12-15H2. The van der Waals surface area contributed by atoms with Crippen LogP contribution in [0.3, 0.4) is 0 Å². The number of carbonyl (C=O) groups is 1. The molecule has 1 saturated heterocycles. The van der Waals surface area contributed by atoms with Gasteiger partial charge in [-0.15, -0.1) is 0 Å². The smallest absolute Gasteiger partial charge is 0.274 e. The van der Waals surface area contributed by atoms with Crippen LogP contribution in [-0.2, 0) is 0 Å². The van der Waals surface area contributed by atoms with E-state index in [1.165, 1.54) is 42.0 Å². The first-order chi connectivity index (χ1) is 13.6. The minimum Gasteiger partial charge on any atom is -0.337 e. The van der Waals surface area contributed by atoms with Crippen molar-refractivity contribution in [3.63, 3.8) is 0 Å². The summed E-state index contributed by atoms with van der Waals surface area (Å²) in [6.45, 7) is 1.30. The van der Waals surface area contributed by atoms with Gasteiger partial charge in [0.25, 0.3) is 11.5 Å². The van der Waals surface area contributed by atoms with Crippen LogP contribution in [0.4, 0.5) is 4.39 Å². The average molecular weight is 377 g/mol. The fourth-order valence-corrected chi connectivity index (χ4v) is 3.60. The molecule has 0 spiro atoms. The third kappa shape index (κ3) is 3.71. The van der Waals surface area contributed by atoms with Crippen molar-refractivity contribution >= 4 is 5.91 Å². The first-order valence-corrected chi connectivity index (χ1v) is 9.32. The highest BCUT2D eigenvalue weighted by molar-refractivity contribution is 5.92. The first-order valence-electron chi connectivity index (χ1n) is 9.32. The summed E-state index contributed by atoms with van der Waals surface area (Å²) in [5.41, 5.74) is 1.56. The summed E-state index contributed by atoms with van der Waals surface area (Å²) in [6.07, 6.45) is 1.79. The first kappa shape index (κ1) is 18.1. The second-order valence-corrected chi connectivity index (χ2v) is 6.92. The van der Waals surface area contributed by atoms with E-state index >= 15 is 0 Å². The van der Waals surface area contributed by atoms with Crippen LogP contribution in [-0.4, -0.2) is 33.7 Å². The van der Waals surface area contributed by atoms with Gasteiger partial charge in [0, 0.05) is 19.2 Å². The number of nitrogens with zero attached hydrogens (tertiary/aromatic N) is 3. The highest BCUT2D eigenvalue weighted by Gasteiger charge is 2.25. The van der Waals surface area contributed by atoms with Gasteiger partial charge in [0.05, 0.1) is 5.69 Å². The fourth-order valence-electron chi connectivity index (χ4n) is 3.60. The van der Waals surface area contributed by atoms with Gasteiger partial charge in [0.2, 0.25) is 0 Å². The maximum atomic E-state index is 13.1. The van der Waals surface area contributed by atoms with Crippen LogP contribution < -0.4 is 5.56 Å². The van der Waals surface area contributed by atoms with E-state index in [-0.39, 0.29) is 17.2 Å². The molecule has 5 nitrogen and oxygen atoms in total. The molecule has 0 radical (unpaired) electrons. The van der Waals surface area contributed by atoms with Gasteiger partial charge < -0.3 is 4.90 Å². The highest BCUT2D eigenvalue weighted by atomic mass is 19.1. The van der Waals surface area contributed by atoms with E-state index in [2.05, 4.69) is 17.2 Å². The van der Waals surface area contributed by atoms with Gasteiger partial charge >= 0.3 is 0 Å². The average Bonchev–Trinajstić information content (AvgIpc) is 2.75. The zero-order valence-electron chi connectivity index (χ0n) is 15.3. The normalized spacial score (nSPS) is 14.8. The van der Waals surface area contributed by atoms with Crippen LogP contribution in [0, 0.1) is 5.82 Å². The largest absolute Gasteiger partial charge is 0.337 e. The third-order valence-electron chi connectivity index (χ3n) is 5.14. The van der Waals surface area contributed by atoms with Gasteiger partial charge in [-0.25, -0.2) is 4.39 Å². The lowest BCUT2D eigenvalue weighted by atomic mass is 9.89. The van der Waals surface area contributed by atoms with E-state index in [4.69, 9.17) is 0 Å². The molecule has 2 aromatic carbocycles. The van der Waals surface area contributed by atoms with Crippen LogP contribution in [0.1, 0.15) is 34.8 Å². The molecule has 0 atom stereocenters. The SMILES string of the molecule is O=C(c1ccc(=O)n(-c2ccc(F)cc2)n1)N1CCC(c2ccccc2)CC1. The van der Waals surface area contributed by atoms with Crippen molar-refractivity contribution in [1.29, 1.82) is 0 Å². The molecular weight excluding hydrogens is 357 g/mol. The van der Waals surface area contributed by atoms with Gasteiger partial charge in [0.1, 0.15) is 11.5 Å². The second kappa shape index (κ2) is 7.76. The van der Waals surface area contributed by atoms with Crippen molar-refractivity contribution in [3.05, 3.63) is 94.2 Å². The summed E-state index contributed by atoms with van der Waals surface area (Å²) in [7, 11) is 0. The molecule has 0 aliphatic carbocycles. The molecule has 3 aromatic rings. The Bertz CT molecular complexity index is 1020. The Morgan fingerprint density at radius 1 is 0.929 bits per heavy atom. The molecule has 4 rings (SSSR count). The molecule has 28 heavy (non-hydrogen) atoms. The molecule has 0 bridgehead atoms. The van der Waals surface area contributed by atoms with Crippen LogP contribution in [0.5, 0.6) is 0 Å². The molecule has 1 fully saturated rings. The van der Waals surface area contributed by atoms with E-state index < -0.39 is 5.82 Å². The summed E-state index contributed by atoms with van der Waals surface area (Å²) in [6, 6.07) is 18.5. The number of hydrogen-bond acceptors (Lipinski definition) is 3. The predicted octanol–water partition coefficient (Wildman–Crippen LogP) is 3.39. The Labute approximate surface area is 162 Å². The Balaban J connectivity index is 1.50. The quantitative estimate of drug-likeness (QED) is 0.703. The highest BCUT2D eigenvalue weighted by Crippen LogP contribution is 2.28. The van der Waals surface area contributed by atoms with Gasteiger partial charge in [-0.1, -0.05) is 30.3 Å². The van der Waals surface area contributed by atoms with Gasteiger partial charge in [0.15, 0.2) is 0 Å². The molecule has 1 aliphatic heterocycles. The van der Waals surface area contributed by atoms with Gasteiger partial charge in [-0.2, -0.15) is 9.78 Å². The molecule has 6 heteroatoms. The van der Waals surface area contributed by atoms with E-state index in [9.17, 15) is 14.0 Å². The van der Waals surface area contributed by atoms with Crippen molar-refractivity contribution in [2.75, 3.05) is 13.1 Å². The molecule has 0 N–H and O–H groups in total. The van der Waals surface area contributed by atoms with Gasteiger partial charge in [-0.3, -0.25) is 9.59 Å². The summed E-state index contributed by atoms with van der Waals surface area (Å²) < 4.78 is 14.3. The zero-order chi connectivity index (χ0) is 19.5. The fraction of sp³-hybridized carbons (Fsp3) is 0.227. The monoisotopic (exact) mass is 377 g/mol. The minimum atomic E-state index is -0.398. The van der Waals surface area contributed by atoms with Crippen molar-refractivity contribution in [3.8, 4) is 5.69 Å². The number of benzene rings is 2. The zero-order valence-corrected chi connectivity index (χ0v) is 15.3. The Hall–Kier alpha value is -3.28. The van der Waals surface area contributed by atoms with E-state index in [1.807, 2.05) is 18.2 Å². The summed E-state index contributed by atoms with van der Waals surface area (Å²) >= 11 is 0. The summed E-state index contributed by atoms with van der Waals surface area (Å²) in [4.78, 5) is 26.8. The van der Waals surface area contributed by atoms with Gasteiger partial charge in [-0.05, 0) is 54.7 Å². The molecule has 2 heterocycles. The maximum absolute atomic E-state index is 13.1. The molecular formula is C22H20FN3O2. The lowest BCUT2D eigenvalue weighted by molar-refractivity contribution is 0.0705. The van der Waals surface area contributed by atoms with Crippen molar-refractivity contribution in [2.45, 2.75) is 18.8 Å². The van der Waals surface area contributed by atoms with Crippen molar-refractivity contribution in [2.24, 2.45) is 0 Å². The van der Waals surface area contributed by atoms with Crippen molar-refractivity contribution in [1.82, 2.24) is 14.7 Å². The Morgan fingerprint density at radius 3 is 2.29 bits per heavy atom. The van der Waals surface area contributed by atoms with E-state index in [1.54, 1.807) is 4.90 Å².